The Balaban J connectivity index is 2.10. The van der Waals surface area contributed by atoms with Crippen LogP contribution in [0.4, 0.5) is 0 Å². The zero-order valence-corrected chi connectivity index (χ0v) is 12.6. The molecule has 1 fully saturated rings. The number of ether oxygens (including phenoxy) is 1. The van der Waals surface area contributed by atoms with Crippen LogP contribution in [0.2, 0.25) is 0 Å². The van der Waals surface area contributed by atoms with Crippen molar-refractivity contribution in [2.75, 3.05) is 19.8 Å². The van der Waals surface area contributed by atoms with E-state index in [1.165, 1.54) is 11.1 Å². The van der Waals surface area contributed by atoms with E-state index >= 15 is 0 Å². The largest absolute Gasteiger partial charge is 0.396 e. The van der Waals surface area contributed by atoms with E-state index in [1.54, 1.807) is 0 Å². The molecule has 1 saturated heterocycles. The minimum atomic E-state index is 0.182. The highest BCUT2D eigenvalue weighted by molar-refractivity contribution is 5.29. The Bertz CT molecular complexity index is 410. The number of aliphatic hydroxyl groups is 1. The maximum absolute atomic E-state index is 9.65. The van der Waals surface area contributed by atoms with Crippen LogP contribution in [-0.4, -0.2) is 24.9 Å². The Hall–Kier alpha value is -0.860. The Labute approximate surface area is 116 Å². The van der Waals surface area contributed by atoms with Crippen LogP contribution in [0.15, 0.2) is 24.3 Å². The van der Waals surface area contributed by atoms with Crippen molar-refractivity contribution in [2.45, 2.75) is 45.4 Å². The van der Waals surface area contributed by atoms with Gasteiger partial charge in [0.15, 0.2) is 0 Å². The van der Waals surface area contributed by atoms with Crippen molar-refractivity contribution in [3.05, 3.63) is 35.4 Å². The summed E-state index contributed by atoms with van der Waals surface area (Å²) in [6, 6.07) is 8.73. The van der Waals surface area contributed by atoms with Crippen LogP contribution in [0.5, 0.6) is 0 Å². The molecule has 2 heteroatoms. The summed E-state index contributed by atoms with van der Waals surface area (Å²) in [4.78, 5) is 0. The van der Waals surface area contributed by atoms with Gasteiger partial charge in [0.05, 0.1) is 13.2 Å². The number of hydrogen-bond acceptors (Lipinski definition) is 2. The fourth-order valence-corrected chi connectivity index (χ4v) is 2.71. The molecule has 1 aliphatic rings. The summed E-state index contributed by atoms with van der Waals surface area (Å²) in [6.07, 6.45) is 0.998. The first-order valence-corrected chi connectivity index (χ1v) is 7.13. The summed E-state index contributed by atoms with van der Waals surface area (Å²) in [7, 11) is 0. The molecule has 1 aliphatic heterocycles. The molecular weight excluding hydrogens is 236 g/mol. The minimum absolute atomic E-state index is 0.182. The highest BCUT2D eigenvalue weighted by Gasteiger charge is 2.35. The van der Waals surface area contributed by atoms with Crippen molar-refractivity contribution in [1.29, 1.82) is 0 Å². The third kappa shape index (κ3) is 3.37. The average molecular weight is 262 g/mol. The van der Waals surface area contributed by atoms with Crippen LogP contribution < -0.4 is 0 Å². The molecule has 0 radical (unpaired) electrons. The lowest BCUT2D eigenvalue weighted by Crippen LogP contribution is -2.41. The third-order valence-electron chi connectivity index (χ3n) is 4.11. The van der Waals surface area contributed by atoms with E-state index in [0.29, 0.717) is 0 Å². The Kier molecular flexibility index (Phi) is 4.03. The van der Waals surface area contributed by atoms with Gasteiger partial charge < -0.3 is 9.84 Å². The molecule has 1 aromatic rings. The summed E-state index contributed by atoms with van der Waals surface area (Å²) in [6.45, 7) is 10.8. The molecule has 106 valence electrons. The second kappa shape index (κ2) is 5.26. The predicted molar refractivity (Wildman–Crippen MR) is 78.5 cm³/mol. The Morgan fingerprint density at radius 2 is 1.79 bits per heavy atom. The van der Waals surface area contributed by atoms with Crippen molar-refractivity contribution < 1.29 is 9.84 Å². The molecule has 2 nitrogen and oxygen atoms in total. The fraction of sp³-hybridized carbons (Fsp3) is 0.647. The van der Waals surface area contributed by atoms with Crippen LogP contribution in [-0.2, 0) is 10.2 Å². The summed E-state index contributed by atoms with van der Waals surface area (Å²) in [5, 5.41) is 9.65. The van der Waals surface area contributed by atoms with Gasteiger partial charge in [0, 0.05) is 17.9 Å². The van der Waals surface area contributed by atoms with E-state index in [-0.39, 0.29) is 23.4 Å². The quantitative estimate of drug-likeness (QED) is 0.900. The predicted octanol–water partition coefficient (Wildman–Crippen LogP) is 3.49. The minimum Gasteiger partial charge on any atom is -0.396 e. The zero-order chi connectivity index (χ0) is 14.1. The van der Waals surface area contributed by atoms with Crippen molar-refractivity contribution in [1.82, 2.24) is 0 Å². The summed E-state index contributed by atoms with van der Waals surface area (Å²) in [5.41, 5.74) is 3.01. The second-order valence-corrected chi connectivity index (χ2v) is 7.26. The number of hydrogen-bond donors (Lipinski definition) is 1. The highest BCUT2D eigenvalue weighted by atomic mass is 16.5. The molecular formula is C17H26O2. The molecule has 19 heavy (non-hydrogen) atoms. The van der Waals surface area contributed by atoms with E-state index in [0.717, 1.165) is 19.6 Å². The fourth-order valence-electron chi connectivity index (χ4n) is 2.71. The van der Waals surface area contributed by atoms with Gasteiger partial charge in [-0.15, -0.1) is 0 Å². The molecule has 1 aromatic carbocycles. The maximum Gasteiger partial charge on any atom is 0.0542 e. The SMILES string of the molecule is CC1(CC(CO)c2ccc(C(C)(C)C)cc2)COC1. The molecule has 1 N–H and O–H groups in total. The van der Waals surface area contributed by atoms with Crippen molar-refractivity contribution >= 4 is 0 Å². The highest BCUT2D eigenvalue weighted by Crippen LogP contribution is 2.37. The molecule has 1 unspecified atom stereocenters. The molecule has 0 saturated carbocycles. The first-order chi connectivity index (χ1) is 8.84. The van der Waals surface area contributed by atoms with Gasteiger partial charge in [-0.05, 0) is 23.0 Å². The molecule has 0 aliphatic carbocycles. The van der Waals surface area contributed by atoms with Gasteiger partial charge in [0.25, 0.3) is 0 Å². The van der Waals surface area contributed by atoms with Crippen LogP contribution >= 0.6 is 0 Å². The van der Waals surface area contributed by atoms with Gasteiger partial charge in [-0.25, -0.2) is 0 Å². The van der Waals surface area contributed by atoms with Crippen molar-refractivity contribution in [2.24, 2.45) is 5.41 Å². The first kappa shape index (κ1) is 14.5. The van der Waals surface area contributed by atoms with E-state index in [4.69, 9.17) is 4.74 Å². The standard InChI is InChI=1S/C17H26O2/c1-16(2,3)15-7-5-13(6-8-15)14(10-18)9-17(4)11-19-12-17/h5-8,14,18H,9-12H2,1-4H3. The lowest BCUT2D eigenvalue weighted by atomic mass is 9.77. The van der Waals surface area contributed by atoms with Crippen LogP contribution in [0, 0.1) is 5.41 Å². The van der Waals surface area contributed by atoms with Gasteiger partial charge in [-0.2, -0.15) is 0 Å². The molecule has 0 amide bonds. The van der Waals surface area contributed by atoms with Crippen LogP contribution in [0.1, 0.15) is 51.2 Å². The van der Waals surface area contributed by atoms with E-state index in [1.807, 2.05) is 0 Å². The van der Waals surface area contributed by atoms with Crippen LogP contribution in [0.3, 0.4) is 0 Å². The normalized spacial score (nSPS) is 19.8. The topological polar surface area (TPSA) is 29.5 Å². The Morgan fingerprint density at radius 1 is 1.21 bits per heavy atom. The van der Waals surface area contributed by atoms with E-state index < -0.39 is 0 Å². The smallest absolute Gasteiger partial charge is 0.0542 e. The summed E-state index contributed by atoms with van der Waals surface area (Å²) >= 11 is 0. The van der Waals surface area contributed by atoms with Crippen LogP contribution in [0.25, 0.3) is 0 Å². The van der Waals surface area contributed by atoms with Gasteiger partial charge >= 0.3 is 0 Å². The molecule has 0 aromatic heterocycles. The lowest BCUT2D eigenvalue weighted by Gasteiger charge is -2.40. The van der Waals surface area contributed by atoms with Crippen molar-refractivity contribution in [3.8, 4) is 0 Å². The molecule has 0 spiro atoms. The number of rotatable bonds is 4. The molecule has 1 atom stereocenters. The summed E-state index contributed by atoms with van der Waals surface area (Å²) < 4.78 is 5.30. The van der Waals surface area contributed by atoms with E-state index in [9.17, 15) is 5.11 Å². The average Bonchev–Trinajstić information content (AvgIpc) is 2.33. The van der Waals surface area contributed by atoms with Gasteiger partial charge in [0.1, 0.15) is 0 Å². The molecule has 2 rings (SSSR count). The maximum atomic E-state index is 9.65. The first-order valence-electron chi connectivity index (χ1n) is 7.13. The number of benzene rings is 1. The number of aliphatic hydroxyl groups excluding tert-OH is 1. The van der Waals surface area contributed by atoms with Crippen molar-refractivity contribution in [3.63, 3.8) is 0 Å². The summed E-state index contributed by atoms with van der Waals surface area (Å²) in [5.74, 6) is 0.225. The second-order valence-electron chi connectivity index (χ2n) is 7.26. The zero-order valence-electron chi connectivity index (χ0n) is 12.6. The van der Waals surface area contributed by atoms with E-state index in [2.05, 4.69) is 52.0 Å². The molecule has 1 heterocycles. The lowest BCUT2D eigenvalue weighted by molar-refractivity contribution is -0.110. The third-order valence-corrected chi connectivity index (χ3v) is 4.11. The monoisotopic (exact) mass is 262 g/mol. The van der Waals surface area contributed by atoms with Gasteiger partial charge in [0.2, 0.25) is 0 Å². The van der Waals surface area contributed by atoms with Gasteiger partial charge in [-0.3, -0.25) is 0 Å². The molecule has 0 bridgehead atoms. The van der Waals surface area contributed by atoms with Gasteiger partial charge in [-0.1, -0.05) is 52.0 Å². The Morgan fingerprint density at radius 3 is 2.16 bits per heavy atom.